The van der Waals surface area contributed by atoms with Crippen LogP contribution in [0.4, 0.5) is 0 Å². The van der Waals surface area contributed by atoms with Crippen LogP contribution in [0.15, 0.2) is 24.3 Å². The summed E-state index contributed by atoms with van der Waals surface area (Å²) in [6, 6.07) is 8.33. The Bertz CT molecular complexity index is 411. The lowest BCUT2D eigenvalue weighted by atomic mass is 10.0. The summed E-state index contributed by atoms with van der Waals surface area (Å²) in [4.78, 5) is 2.44. The molecule has 1 saturated heterocycles. The van der Waals surface area contributed by atoms with Crippen LogP contribution in [0.5, 0.6) is 11.5 Å². The molecule has 1 aromatic rings. The number of hydrogen-bond acceptors (Lipinski definition) is 4. The van der Waals surface area contributed by atoms with Gasteiger partial charge >= 0.3 is 0 Å². The van der Waals surface area contributed by atoms with E-state index in [0.29, 0.717) is 25.2 Å². The molecule has 0 spiro atoms. The molecule has 20 heavy (non-hydrogen) atoms. The van der Waals surface area contributed by atoms with Crippen LogP contribution in [-0.4, -0.2) is 43.8 Å². The quantitative estimate of drug-likeness (QED) is 0.830. The zero-order valence-electron chi connectivity index (χ0n) is 12.5. The molecule has 4 nitrogen and oxygen atoms in total. The summed E-state index contributed by atoms with van der Waals surface area (Å²) in [6.07, 6.45) is 1.23. The Labute approximate surface area is 121 Å². The second-order valence-electron chi connectivity index (χ2n) is 5.33. The number of para-hydroxylation sites is 2. The van der Waals surface area contributed by atoms with Crippen molar-refractivity contribution >= 4 is 0 Å². The fourth-order valence-corrected chi connectivity index (χ4v) is 2.86. The van der Waals surface area contributed by atoms with Crippen molar-refractivity contribution in [2.75, 3.05) is 32.8 Å². The first-order valence-corrected chi connectivity index (χ1v) is 7.55. The van der Waals surface area contributed by atoms with Gasteiger partial charge in [0.25, 0.3) is 0 Å². The Kier molecular flexibility index (Phi) is 5.68. The van der Waals surface area contributed by atoms with Gasteiger partial charge in [-0.1, -0.05) is 19.1 Å². The van der Waals surface area contributed by atoms with Crippen LogP contribution in [0.2, 0.25) is 0 Å². The topological polar surface area (TPSA) is 47.7 Å². The third-order valence-corrected chi connectivity index (χ3v) is 4.02. The van der Waals surface area contributed by atoms with Crippen LogP contribution in [0.25, 0.3) is 0 Å². The minimum absolute atomic E-state index is 0.501. The molecule has 0 aliphatic carbocycles. The van der Waals surface area contributed by atoms with Gasteiger partial charge in [-0.2, -0.15) is 0 Å². The van der Waals surface area contributed by atoms with Gasteiger partial charge in [-0.05, 0) is 37.9 Å². The van der Waals surface area contributed by atoms with Crippen LogP contribution < -0.4 is 15.2 Å². The molecule has 4 heteroatoms. The molecular weight excluding hydrogens is 252 g/mol. The van der Waals surface area contributed by atoms with Gasteiger partial charge < -0.3 is 15.2 Å². The lowest BCUT2D eigenvalue weighted by Crippen LogP contribution is -2.40. The Morgan fingerprint density at radius 1 is 1.25 bits per heavy atom. The van der Waals surface area contributed by atoms with Crippen LogP contribution in [-0.2, 0) is 0 Å². The lowest BCUT2D eigenvalue weighted by molar-refractivity contribution is 0.183. The first-order chi connectivity index (χ1) is 9.76. The summed E-state index contributed by atoms with van der Waals surface area (Å²) in [7, 11) is 0. The van der Waals surface area contributed by atoms with Gasteiger partial charge in [-0.25, -0.2) is 0 Å². The predicted molar refractivity (Wildman–Crippen MR) is 81.3 cm³/mol. The minimum Gasteiger partial charge on any atom is -0.490 e. The molecule has 2 atom stereocenters. The van der Waals surface area contributed by atoms with Crippen molar-refractivity contribution in [1.29, 1.82) is 0 Å². The smallest absolute Gasteiger partial charge is 0.161 e. The van der Waals surface area contributed by atoms with Crippen molar-refractivity contribution in [3.63, 3.8) is 0 Å². The van der Waals surface area contributed by atoms with E-state index in [1.165, 1.54) is 6.42 Å². The van der Waals surface area contributed by atoms with Gasteiger partial charge in [0, 0.05) is 19.1 Å². The second kappa shape index (κ2) is 7.50. The van der Waals surface area contributed by atoms with E-state index in [1.807, 2.05) is 31.2 Å². The Balaban J connectivity index is 1.84. The lowest BCUT2D eigenvalue weighted by Gasteiger charge is -2.25. The number of benzene rings is 1. The number of rotatable bonds is 7. The van der Waals surface area contributed by atoms with Gasteiger partial charge in [-0.3, -0.25) is 4.90 Å². The molecule has 1 fully saturated rings. The highest BCUT2D eigenvalue weighted by Crippen LogP contribution is 2.27. The fourth-order valence-electron chi connectivity index (χ4n) is 2.86. The van der Waals surface area contributed by atoms with Crippen LogP contribution in [0.1, 0.15) is 20.3 Å². The molecule has 2 N–H and O–H groups in total. The molecule has 1 aliphatic rings. The van der Waals surface area contributed by atoms with Crippen molar-refractivity contribution in [3.05, 3.63) is 24.3 Å². The minimum atomic E-state index is 0.501. The number of ether oxygens (including phenoxy) is 2. The Morgan fingerprint density at radius 2 is 1.95 bits per heavy atom. The molecular formula is C16H26N2O2. The third-order valence-electron chi connectivity index (χ3n) is 4.02. The van der Waals surface area contributed by atoms with Gasteiger partial charge in [0.05, 0.1) is 6.61 Å². The van der Waals surface area contributed by atoms with E-state index in [0.717, 1.165) is 31.1 Å². The standard InChI is InChI=1S/C16H26N2O2/c1-3-19-15-6-4-5-7-16(15)20-11-10-18-9-8-13(2)14(18)12-17/h4-7,13-14H,3,8-12,17H2,1-2H3. The average molecular weight is 278 g/mol. The highest BCUT2D eigenvalue weighted by molar-refractivity contribution is 5.39. The van der Waals surface area contributed by atoms with Crippen LogP contribution in [0, 0.1) is 5.92 Å². The van der Waals surface area contributed by atoms with E-state index in [2.05, 4.69) is 11.8 Å². The molecule has 0 bridgehead atoms. The molecule has 112 valence electrons. The van der Waals surface area contributed by atoms with Crippen molar-refractivity contribution in [2.45, 2.75) is 26.3 Å². The second-order valence-corrected chi connectivity index (χ2v) is 5.33. The summed E-state index contributed by atoms with van der Waals surface area (Å²) in [5.41, 5.74) is 5.86. The number of nitrogens with zero attached hydrogens (tertiary/aromatic N) is 1. The zero-order valence-corrected chi connectivity index (χ0v) is 12.5. The summed E-state index contributed by atoms with van der Waals surface area (Å²) in [5, 5.41) is 0. The van der Waals surface area contributed by atoms with E-state index in [1.54, 1.807) is 0 Å². The predicted octanol–water partition coefficient (Wildman–Crippen LogP) is 2.13. The molecule has 0 saturated carbocycles. The molecule has 2 rings (SSSR count). The summed E-state index contributed by atoms with van der Waals surface area (Å²) >= 11 is 0. The van der Waals surface area contributed by atoms with Gasteiger partial charge in [-0.15, -0.1) is 0 Å². The normalized spacial score (nSPS) is 22.9. The first kappa shape index (κ1) is 15.1. The molecule has 0 aromatic heterocycles. The molecule has 0 radical (unpaired) electrons. The van der Waals surface area contributed by atoms with Crippen molar-refractivity contribution in [1.82, 2.24) is 4.90 Å². The number of hydrogen-bond donors (Lipinski definition) is 1. The first-order valence-electron chi connectivity index (χ1n) is 7.55. The summed E-state index contributed by atoms with van der Waals surface area (Å²) in [5.74, 6) is 2.33. The van der Waals surface area contributed by atoms with Crippen LogP contribution in [0.3, 0.4) is 0 Å². The molecule has 1 aliphatic heterocycles. The molecule has 2 unspecified atom stereocenters. The van der Waals surface area contributed by atoms with Gasteiger partial charge in [0.15, 0.2) is 11.5 Å². The maximum Gasteiger partial charge on any atom is 0.161 e. The third kappa shape index (κ3) is 3.64. The van der Waals surface area contributed by atoms with E-state index in [9.17, 15) is 0 Å². The molecule has 0 amide bonds. The van der Waals surface area contributed by atoms with E-state index in [-0.39, 0.29) is 0 Å². The highest BCUT2D eigenvalue weighted by atomic mass is 16.5. The maximum absolute atomic E-state index is 5.87. The number of likely N-dealkylation sites (tertiary alicyclic amines) is 1. The maximum atomic E-state index is 5.87. The van der Waals surface area contributed by atoms with E-state index in [4.69, 9.17) is 15.2 Å². The monoisotopic (exact) mass is 278 g/mol. The zero-order chi connectivity index (χ0) is 14.4. The average Bonchev–Trinajstić information content (AvgIpc) is 2.81. The number of nitrogens with two attached hydrogens (primary N) is 1. The summed E-state index contributed by atoms with van der Waals surface area (Å²) < 4.78 is 11.4. The van der Waals surface area contributed by atoms with E-state index >= 15 is 0 Å². The van der Waals surface area contributed by atoms with Gasteiger partial charge in [0.2, 0.25) is 0 Å². The van der Waals surface area contributed by atoms with Crippen molar-refractivity contribution in [3.8, 4) is 11.5 Å². The van der Waals surface area contributed by atoms with Crippen molar-refractivity contribution in [2.24, 2.45) is 11.7 Å². The SMILES string of the molecule is CCOc1ccccc1OCCN1CCC(C)C1CN. The molecule has 1 aromatic carbocycles. The van der Waals surface area contributed by atoms with Crippen molar-refractivity contribution < 1.29 is 9.47 Å². The van der Waals surface area contributed by atoms with Gasteiger partial charge in [0.1, 0.15) is 6.61 Å². The van der Waals surface area contributed by atoms with Crippen LogP contribution >= 0.6 is 0 Å². The largest absolute Gasteiger partial charge is 0.490 e. The van der Waals surface area contributed by atoms with E-state index < -0.39 is 0 Å². The Hall–Kier alpha value is -1.26. The Morgan fingerprint density at radius 3 is 2.60 bits per heavy atom. The summed E-state index contributed by atoms with van der Waals surface area (Å²) in [6.45, 7) is 8.37. The highest BCUT2D eigenvalue weighted by Gasteiger charge is 2.29. The molecule has 1 heterocycles. The fraction of sp³-hybridized carbons (Fsp3) is 0.625.